The highest BCUT2D eigenvalue weighted by molar-refractivity contribution is 4.63. The quantitative estimate of drug-likeness (QED) is 0.342. The summed E-state index contributed by atoms with van der Waals surface area (Å²) in [6, 6.07) is 0.320. The van der Waals surface area contributed by atoms with Gasteiger partial charge in [0.05, 0.1) is 6.61 Å². The Hall–Kier alpha value is -0.120. The van der Waals surface area contributed by atoms with Crippen molar-refractivity contribution in [1.29, 1.82) is 0 Å². The minimum atomic E-state index is 0.320. The molecule has 0 radical (unpaired) electrons. The highest BCUT2D eigenvalue weighted by Crippen LogP contribution is 2.08. The molecule has 0 bridgehead atoms. The summed E-state index contributed by atoms with van der Waals surface area (Å²) in [5, 5.41) is 0. The fraction of sp³-hybridized carbons (Fsp3) is 1.00. The third-order valence-corrected chi connectivity index (χ3v) is 2.24. The van der Waals surface area contributed by atoms with Crippen molar-refractivity contribution < 1.29 is 4.74 Å². The Kier molecular flexibility index (Phi) is 9.35. The summed E-state index contributed by atoms with van der Waals surface area (Å²) in [7, 11) is 0. The average molecular weight is 202 g/mol. The summed E-state index contributed by atoms with van der Waals surface area (Å²) in [6.07, 6.45) is 4.68. The molecule has 0 aliphatic heterocycles. The SMILES string of the molecule is CCCOCC(CCCC(C)C)NN. The molecule has 0 heterocycles. The van der Waals surface area contributed by atoms with Crippen LogP contribution in [0.25, 0.3) is 0 Å². The zero-order valence-corrected chi connectivity index (χ0v) is 9.88. The maximum atomic E-state index is 5.45. The lowest BCUT2D eigenvalue weighted by atomic mass is 10.0. The minimum Gasteiger partial charge on any atom is -0.380 e. The van der Waals surface area contributed by atoms with Crippen molar-refractivity contribution in [2.24, 2.45) is 11.8 Å². The van der Waals surface area contributed by atoms with E-state index in [1.807, 2.05) is 0 Å². The molecule has 3 N–H and O–H groups in total. The first-order chi connectivity index (χ1) is 6.70. The summed E-state index contributed by atoms with van der Waals surface area (Å²) < 4.78 is 5.45. The van der Waals surface area contributed by atoms with Crippen molar-refractivity contribution in [1.82, 2.24) is 5.43 Å². The number of rotatable bonds is 9. The second-order valence-electron chi connectivity index (χ2n) is 4.26. The zero-order valence-electron chi connectivity index (χ0n) is 9.88. The smallest absolute Gasteiger partial charge is 0.0633 e. The van der Waals surface area contributed by atoms with Crippen LogP contribution < -0.4 is 11.3 Å². The number of ether oxygens (including phenoxy) is 1. The first kappa shape index (κ1) is 13.9. The van der Waals surface area contributed by atoms with E-state index in [4.69, 9.17) is 10.6 Å². The van der Waals surface area contributed by atoms with Gasteiger partial charge in [0.2, 0.25) is 0 Å². The first-order valence-corrected chi connectivity index (χ1v) is 5.74. The topological polar surface area (TPSA) is 47.3 Å². The Morgan fingerprint density at radius 1 is 1.29 bits per heavy atom. The largest absolute Gasteiger partial charge is 0.380 e. The van der Waals surface area contributed by atoms with Crippen LogP contribution in [0.1, 0.15) is 46.5 Å². The van der Waals surface area contributed by atoms with Gasteiger partial charge in [0.15, 0.2) is 0 Å². The van der Waals surface area contributed by atoms with Gasteiger partial charge in [-0.2, -0.15) is 0 Å². The van der Waals surface area contributed by atoms with E-state index in [2.05, 4.69) is 26.2 Å². The summed E-state index contributed by atoms with van der Waals surface area (Å²) in [6.45, 7) is 8.19. The van der Waals surface area contributed by atoms with E-state index in [1.54, 1.807) is 0 Å². The maximum Gasteiger partial charge on any atom is 0.0633 e. The number of hydrazine groups is 1. The molecule has 86 valence electrons. The first-order valence-electron chi connectivity index (χ1n) is 5.74. The monoisotopic (exact) mass is 202 g/mol. The molecule has 0 spiro atoms. The van der Waals surface area contributed by atoms with Crippen molar-refractivity contribution in [3.63, 3.8) is 0 Å². The van der Waals surface area contributed by atoms with Crippen LogP contribution in [0.4, 0.5) is 0 Å². The van der Waals surface area contributed by atoms with Crippen molar-refractivity contribution in [2.75, 3.05) is 13.2 Å². The molecule has 0 fully saturated rings. The molecule has 0 aromatic carbocycles. The number of hydrogen-bond donors (Lipinski definition) is 2. The van der Waals surface area contributed by atoms with Crippen LogP contribution in [0.5, 0.6) is 0 Å². The highest BCUT2D eigenvalue weighted by Gasteiger charge is 2.06. The molecule has 3 nitrogen and oxygen atoms in total. The summed E-state index contributed by atoms with van der Waals surface area (Å²) in [5.41, 5.74) is 2.81. The van der Waals surface area contributed by atoms with E-state index < -0.39 is 0 Å². The van der Waals surface area contributed by atoms with Gasteiger partial charge in [0, 0.05) is 12.6 Å². The normalized spacial score (nSPS) is 13.5. The van der Waals surface area contributed by atoms with E-state index in [-0.39, 0.29) is 0 Å². The molecule has 1 atom stereocenters. The van der Waals surface area contributed by atoms with E-state index in [9.17, 15) is 0 Å². The van der Waals surface area contributed by atoms with Crippen LogP contribution in [0.15, 0.2) is 0 Å². The Morgan fingerprint density at radius 3 is 2.50 bits per heavy atom. The summed E-state index contributed by atoms with van der Waals surface area (Å²) in [4.78, 5) is 0. The Bertz CT molecular complexity index is 118. The molecular weight excluding hydrogens is 176 g/mol. The predicted molar refractivity (Wildman–Crippen MR) is 60.9 cm³/mol. The lowest BCUT2D eigenvalue weighted by molar-refractivity contribution is 0.108. The van der Waals surface area contributed by atoms with Crippen molar-refractivity contribution in [3.8, 4) is 0 Å². The van der Waals surface area contributed by atoms with Crippen LogP contribution >= 0.6 is 0 Å². The van der Waals surface area contributed by atoms with E-state index in [1.165, 1.54) is 12.8 Å². The Balaban J connectivity index is 3.38. The van der Waals surface area contributed by atoms with Crippen molar-refractivity contribution >= 4 is 0 Å². The average Bonchev–Trinajstić information content (AvgIpc) is 2.15. The van der Waals surface area contributed by atoms with Gasteiger partial charge in [0.25, 0.3) is 0 Å². The Morgan fingerprint density at radius 2 is 2.00 bits per heavy atom. The molecule has 14 heavy (non-hydrogen) atoms. The third-order valence-electron chi connectivity index (χ3n) is 2.24. The fourth-order valence-electron chi connectivity index (χ4n) is 1.36. The second kappa shape index (κ2) is 9.44. The molecule has 0 aromatic rings. The fourth-order valence-corrected chi connectivity index (χ4v) is 1.36. The van der Waals surface area contributed by atoms with Crippen LogP contribution in [0, 0.1) is 5.92 Å². The van der Waals surface area contributed by atoms with Gasteiger partial charge in [-0.1, -0.05) is 33.6 Å². The lowest BCUT2D eigenvalue weighted by Gasteiger charge is -2.16. The van der Waals surface area contributed by atoms with Gasteiger partial charge < -0.3 is 4.74 Å². The molecule has 3 heteroatoms. The van der Waals surface area contributed by atoms with Crippen molar-refractivity contribution in [3.05, 3.63) is 0 Å². The zero-order chi connectivity index (χ0) is 10.8. The predicted octanol–water partition coefficient (Wildman–Crippen LogP) is 2.07. The molecule has 0 aromatic heterocycles. The van der Waals surface area contributed by atoms with Crippen LogP contribution in [-0.4, -0.2) is 19.3 Å². The maximum absolute atomic E-state index is 5.45. The van der Waals surface area contributed by atoms with Gasteiger partial charge in [0.1, 0.15) is 0 Å². The van der Waals surface area contributed by atoms with E-state index in [0.29, 0.717) is 6.04 Å². The summed E-state index contributed by atoms with van der Waals surface area (Å²) >= 11 is 0. The standard InChI is InChI=1S/C11H26N2O/c1-4-8-14-9-11(13-12)7-5-6-10(2)3/h10-11,13H,4-9,12H2,1-3H3. The van der Waals surface area contributed by atoms with Crippen LogP contribution in [-0.2, 0) is 4.74 Å². The summed E-state index contributed by atoms with van der Waals surface area (Å²) in [5.74, 6) is 6.22. The van der Waals surface area contributed by atoms with Gasteiger partial charge in [-0.15, -0.1) is 0 Å². The van der Waals surface area contributed by atoms with Crippen molar-refractivity contribution in [2.45, 2.75) is 52.5 Å². The number of nitrogens with two attached hydrogens (primary N) is 1. The number of nitrogens with one attached hydrogen (secondary N) is 1. The second-order valence-corrected chi connectivity index (χ2v) is 4.26. The molecule has 1 unspecified atom stereocenters. The minimum absolute atomic E-state index is 0.320. The van der Waals surface area contributed by atoms with Gasteiger partial charge in [-0.05, 0) is 18.8 Å². The Labute approximate surface area is 88.4 Å². The molecule has 0 aliphatic rings. The highest BCUT2D eigenvalue weighted by atomic mass is 16.5. The lowest BCUT2D eigenvalue weighted by Crippen LogP contribution is -2.38. The van der Waals surface area contributed by atoms with E-state index >= 15 is 0 Å². The van der Waals surface area contributed by atoms with Gasteiger partial charge in [-0.3, -0.25) is 11.3 Å². The van der Waals surface area contributed by atoms with E-state index in [0.717, 1.165) is 32.0 Å². The molecule has 0 rings (SSSR count). The third kappa shape index (κ3) is 8.48. The van der Waals surface area contributed by atoms with Crippen LogP contribution in [0.2, 0.25) is 0 Å². The van der Waals surface area contributed by atoms with Gasteiger partial charge >= 0.3 is 0 Å². The van der Waals surface area contributed by atoms with Gasteiger partial charge in [-0.25, -0.2) is 0 Å². The van der Waals surface area contributed by atoms with Crippen LogP contribution in [0.3, 0.4) is 0 Å². The molecule has 0 aliphatic carbocycles. The number of hydrogen-bond acceptors (Lipinski definition) is 3. The molecule has 0 saturated carbocycles. The molecule has 0 amide bonds. The molecular formula is C11H26N2O. The molecule has 0 saturated heterocycles.